The zero-order valence-corrected chi connectivity index (χ0v) is 11.9. The van der Waals surface area contributed by atoms with Crippen LogP contribution in [0.25, 0.3) is 0 Å². The quantitative estimate of drug-likeness (QED) is 0.834. The molecule has 0 saturated carbocycles. The third kappa shape index (κ3) is 2.66. The minimum atomic E-state index is -0.0683. The number of nitrogens with zero attached hydrogens (tertiary/aromatic N) is 2. The summed E-state index contributed by atoms with van der Waals surface area (Å²) >= 11 is 6.07. The van der Waals surface area contributed by atoms with E-state index in [1.807, 2.05) is 4.90 Å². The van der Waals surface area contributed by atoms with Crippen LogP contribution in [0, 0.1) is 0 Å². The van der Waals surface area contributed by atoms with Gasteiger partial charge in [0.2, 0.25) is 0 Å². The van der Waals surface area contributed by atoms with Crippen LogP contribution in [0.5, 0.6) is 0 Å². The molecule has 0 radical (unpaired) electrons. The number of carbonyl (C=O) groups is 1. The smallest absolute Gasteiger partial charge is 0.255 e. The molecule has 20 heavy (non-hydrogen) atoms. The van der Waals surface area contributed by atoms with Crippen LogP contribution in [-0.2, 0) is 9.47 Å². The highest BCUT2D eigenvalue weighted by Crippen LogP contribution is 2.25. The van der Waals surface area contributed by atoms with Gasteiger partial charge in [0, 0.05) is 25.5 Å². The molecule has 2 unspecified atom stereocenters. The van der Waals surface area contributed by atoms with E-state index in [0.717, 1.165) is 19.4 Å². The van der Waals surface area contributed by atoms with E-state index in [9.17, 15) is 4.79 Å². The van der Waals surface area contributed by atoms with Gasteiger partial charge in [-0.05, 0) is 18.9 Å². The van der Waals surface area contributed by atoms with Gasteiger partial charge in [-0.1, -0.05) is 11.6 Å². The molecule has 2 saturated heterocycles. The van der Waals surface area contributed by atoms with Crippen molar-refractivity contribution in [2.45, 2.75) is 25.0 Å². The molecule has 6 heteroatoms. The van der Waals surface area contributed by atoms with Gasteiger partial charge in [-0.15, -0.1) is 0 Å². The molecule has 3 heterocycles. The first-order valence-corrected chi connectivity index (χ1v) is 7.25. The van der Waals surface area contributed by atoms with Crippen LogP contribution in [-0.4, -0.2) is 54.3 Å². The number of hydrogen-bond donors (Lipinski definition) is 0. The minimum Gasteiger partial charge on any atom is -0.377 e. The van der Waals surface area contributed by atoms with Crippen molar-refractivity contribution in [2.75, 3.05) is 26.4 Å². The normalized spacial score (nSPS) is 26.8. The summed E-state index contributed by atoms with van der Waals surface area (Å²) in [6.45, 7) is 2.41. The molecule has 0 N–H and O–H groups in total. The second-order valence-electron chi connectivity index (χ2n) is 5.05. The molecule has 0 spiro atoms. The highest BCUT2D eigenvalue weighted by molar-refractivity contribution is 6.33. The van der Waals surface area contributed by atoms with E-state index in [4.69, 9.17) is 21.1 Å². The van der Waals surface area contributed by atoms with Gasteiger partial charge in [0.1, 0.15) is 0 Å². The maximum absolute atomic E-state index is 12.7. The molecular formula is C14H17ClN2O3. The fourth-order valence-electron chi connectivity index (χ4n) is 2.79. The molecule has 2 atom stereocenters. The van der Waals surface area contributed by atoms with Gasteiger partial charge in [-0.3, -0.25) is 9.78 Å². The summed E-state index contributed by atoms with van der Waals surface area (Å²) in [5, 5.41) is 0.384. The van der Waals surface area contributed by atoms with E-state index in [-0.39, 0.29) is 18.1 Å². The Morgan fingerprint density at radius 1 is 1.45 bits per heavy atom. The molecule has 2 aliphatic rings. The highest BCUT2D eigenvalue weighted by Gasteiger charge is 2.36. The lowest BCUT2D eigenvalue weighted by Gasteiger charge is -2.38. The van der Waals surface area contributed by atoms with Gasteiger partial charge < -0.3 is 14.4 Å². The summed E-state index contributed by atoms with van der Waals surface area (Å²) < 4.78 is 11.2. The molecule has 0 aromatic carbocycles. The van der Waals surface area contributed by atoms with E-state index in [1.165, 1.54) is 6.20 Å². The standard InChI is InChI=1S/C14H17ClN2O3/c15-11-8-16-4-3-10(11)14(18)17-5-7-19-9-12(17)13-2-1-6-20-13/h3-4,8,12-13H,1-2,5-7,9H2. The molecule has 1 aromatic heterocycles. The van der Waals surface area contributed by atoms with Crippen molar-refractivity contribution in [2.24, 2.45) is 0 Å². The number of rotatable bonds is 2. The van der Waals surface area contributed by atoms with Gasteiger partial charge in [-0.2, -0.15) is 0 Å². The topological polar surface area (TPSA) is 51.7 Å². The Kier molecular flexibility index (Phi) is 4.19. The molecular weight excluding hydrogens is 280 g/mol. The van der Waals surface area contributed by atoms with Crippen molar-refractivity contribution >= 4 is 17.5 Å². The number of hydrogen-bond acceptors (Lipinski definition) is 4. The lowest BCUT2D eigenvalue weighted by atomic mass is 10.0. The SMILES string of the molecule is O=C(c1ccncc1Cl)N1CCOCC1C1CCCO1. The van der Waals surface area contributed by atoms with Crippen LogP contribution < -0.4 is 0 Å². The number of aromatic nitrogens is 1. The second-order valence-corrected chi connectivity index (χ2v) is 5.46. The van der Waals surface area contributed by atoms with Crippen molar-refractivity contribution in [3.05, 3.63) is 29.0 Å². The van der Waals surface area contributed by atoms with Gasteiger partial charge >= 0.3 is 0 Å². The largest absolute Gasteiger partial charge is 0.377 e. The van der Waals surface area contributed by atoms with E-state index in [2.05, 4.69) is 4.98 Å². The lowest BCUT2D eigenvalue weighted by molar-refractivity contribution is -0.0530. The van der Waals surface area contributed by atoms with E-state index in [1.54, 1.807) is 12.3 Å². The lowest BCUT2D eigenvalue weighted by Crippen LogP contribution is -2.54. The molecule has 5 nitrogen and oxygen atoms in total. The van der Waals surface area contributed by atoms with Crippen molar-refractivity contribution < 1.29 is 14.3 Å². The summed E-state index contributed by atoms with van der Waals surface area (Å²) in [5.41, 5.74) is 0.492. The molecule has 2 aliphatic heterocycles. The maximum Gasteiger partial charge on any atom is 0.255 e. The third-order valence-corrected chi connectivity index (χ3v) is 4.12. The van der Waals surface area contributed by atoms with Crippen molar-refractivity contribution in [3.63, 3.8) is 0 Å². The first kappa shape index (κ1) is 13.8. The molecule has 0 aliphatic carbocycles. The first-order valence-electron chi connectivity index (χ1n) is 6.87. The van der Waals surface area contributed by atoms with Crippen LogP contribution in [0.15, 0.2) is 18.5 Å². The minimum absolute atomic E-state index is 0.0250. The predicted molar refractivity (Wildman–Crippen MR) is 73.9 cm³/mol. The third-order valence-electron chi connectivity index (χ3n) is 3.82. The molecule has 108 valence electrons. The molecule has 1 aromatic rings. The monoisotopic (exact) mass is 296 g/mol. The number of pyridine rings is 1. The number of amides is 1. The van der Waals surface area contributed by atoms with Crippen LogP contribution >= 0.6 is 11.6 Å². The van der Waals surface area contributed by atoms with Crippen LogP contribution in [0.2, 0.25) is 5.02 Å². The zero-order valence-electron chi connectivity index (χ0n) is 11.1. The van der Waals surface area contributed by atoms with E-state index >= 15 is 0 Å². The van der Waals surface area contributed by atoms with Gasteiger partial charge in [0.25, 0.3) is 5.91 Å². The maximum atomic E-state index is 12.7. The molecule has 2 fully saturated rings. The summed E-state index contributed by atoms with van der Waals surface area (Å²) in [4.78, 5) is 18.4. The fourth-order valence-corrected chi connectivity index (χ4v) is 2.99. The van der Waals surface area contributed by atoms with Gasteiger partial charge in [0.15, 0.2) is 0 Å². The zero-order chi connectivity index (χ0) is 13.9. The van der Waals surface area contributed by atoms with Crippen LogP contribution in [0.4, 0.5) is 0 Å². The number of halogens is 1. The molecule has 3 rings (SSSR count). The number of morpholine rings is 1. The summed E-state index contributed by atoms with van der Waals surface area (Å²) in [5.74, 6) is -0.0683. The predicted octanol–water partition coefficient (Wildman–Crippen LogP) is 1.75. The molecule has 1 amide bonds. The average Bonchev–Trinajstić information content (AvgIpc) is 3.01. The Morgan fingerprint density at radius 3 is 3.10 bits per heavy atom. The van der Waals surface area contributed by atoms with E-state index in [0.29, 0.717) is 30.3 Å². The molecule has 0 bridgehead atoms. The summed E-state index contributed by atoms with van der Waals surface area (Å²) in [6.07, 6.45) is 5.16. The number of ether oxygens (including phenoxy) is 2. The Hall–Kier alpha value is -1.17. The Morgan fingerprint density at radius 2 is 2.35 bits per heavy atom. The van der Waals surface area contributed by atoms with Gasteiger partial charge in [0.05, 0.1) is 35.9 Å². The van der Waals surface area contributed by atoms with Crippen LogP contribution in [0.1, 0.15) is 23.2 Å². The van der Waals surface area contributed by atoms with Gasteiger partial charge in [-0.25, -0.2) is 0 Å². The fraction of sp³-hybridized carbons (Fsp3) is 0.571. The van der Waals surface area contributed by atoms with E-state index < -0.39 is 0 Å². The Bertz CT molecular complexity index is 491. The second kappa shape index (κ2) is 6.08. The highest BCUT2D eigenvalue weighted by atomic mass is 35.5. The summed E-state index contributed by atoms with van der Waals surface area (Å²) in [7, 11) is 0. The average molecular weight is 297 g/mol. The van der Waals surface area contributed by atoms with Crippen molar-refractivity contribution in [1.82, 2.24) is 9.88 Å². The van der Waals surface area contributed by atoms with Crippen molar-refractivity contribution in [3.8, 4) is 0 Å². The van der Waals surface area contributed by atoms with Crippen molar-refractivity contribution in [1.29, 1.82) is 0 Å². The van der Waals surface area contributed by atoms with Crippen LogP contribution in [0.3, 0.4) is 0 Å². The Balaban J connectivity index is 1.82. The summed E-state index contributed by atoms with van der Waals surface area (Å²) in [6, 6.07) is 1.63. The Labute approximate surface area is 122 Å². The number of carbonyl (C=O) groups excluding carboxylic acids is 1. The first-order chi connectivity index (χ1) is 9.77.